The molecule has 32 heavy (non-hydrogen) atoms. The lowest BCUT2D eigenvalue weighted by molar-refractivity contribution is -0.162. The third-order valence-electron chi connectivity index (χ3n) is 10.3. The van der Waals surface area contributed by atoms with Crippen LogP contribution in [0.15, 0.2) is 12.4 Å². The van der Waals surface area contributed by atoms with Crippen molar-refractivity contribution in [3.63, 3.8) is 0 Å². The Labute approximate surface area is 192 Å². The van der Waals surface area contributed by atoms with Gasteiger partial charge in [-0.25, -0.2) is 0 Å². The van der Waals surface area contributed by atoms with Crippen LogP contribution in [-0.4, -0.2) is 44.7 Å². The molecule has 1 aromatic rings. The van der Waals surface area contributed by atoms with Crippen molar-refractivity contribution >= 4 is 5.78 Å². The molecule has 6 nitrogen and oxygen atoms in total. The van der Waals surface area contributed by atoms with E-state index in [1.165, 1.54) is 25.7 Å². The Balaban J connectivity index is 1.30. The van der Waals surface area contributed by atoms with Crippen LogP contribution in [-0.2, 0) is 16.1 Å². The van der Waals surface area contributed by atoms with Crippen molar-refractivity contribution in [3.8, 4) is 0 Å². The minimum Gasteiger partial charge on any atom is -0.387 e. The lowest BCUT2D eigenvalue weighted by Crippen LogP contribution is -2.56. The fourth-order valence-electron chi connectivity index (χ4n) is 9.00. The number of rotatable bonds is 6. The van der Waals surface area contributed by atoms with E-state index in [0.717, 1.165) is 43.9 Å². The van der Waals surface area contributed by atoms with Gasteiger partial charge in [-0.2, -0.15) is 15.0 Å². The minimum atomic E-state index is -0.650. The molecule has 0 amide bonds. The van der Waals surface area contributed by atoms with E-state index < -0.39 is 5.60 Å². The fraction of sp³-hybridized carbons (Fsp3) is 0.885. The molecule has 4 saturated carbocycles. The van der Waals surface area contributed by atoms with Crippen LogP contribution in [0.3, 0.4) is 0 Å². The Bertz CT molecular complexity index is 828. The quantitative estimate of drug-likeness (QED) is 0.710. The second kappa shape index (κ2) is 8.19. The number of hydrogen-bond acceptors (Lipinski definition) is 5. The summed E-state index contributed by atoms with van der Waals surface area (Å²) in [5, 5.41) is 19.5. The first-order valence-corrected chi connectivity index (χ1v) is 12.9. The van der Waals surface area contributed by atoms with Crippen LogP contribution in [0.2, 0.25) is 0 Å². The summed E-state index contributed by atoms with van der Waals surface area (Å²) in [7, 11) is 0. The van der Waals surface area contributed by atoms with E-state index in [1.54, 1.807) is 17.2 Å². The van der Waals surface area contributed by atoms with Gasteiger partial charge in [0.25, 0.3) is 0 Å². The molecule has 0 aliphatic heterocycles. The van der Waals surface area contributed by atoms with Crippen LogP contribution in [0.1, 0.15) is 78.6 Å². The van der Waals surface area contributed by atoms with E-state index in [1.807, 2.05) is 6.92 Å². The van der Waals surface area contributed by atoms with Gasteiger partial charge in [-0.3, -0.25) is 4.79 Å². The summed E-state index contributed by atoms with van der Waals surface area (Å²) in [4.78, 5) is 14.8. The number of hydrogen-bond donors (Lipinski definition) is 1. The predicted molar refractivity (Wildman–Crippen MR) is 122 cm³/mol. The van der Waals surface area contributed by atoms with E-state index >= 15 is 0 Å². The second-order valence-electron chi connectivity index (χ2n) is 12.0. The highest BCUT2D eigenvalue weighted by molar-refractivity contribution is 5.81. The molecule has 0 aromatic carbocycles. The number of fused-ring (bicyclic) bond motifs is 5. The van der Waals surface area contributed by atoms with Crippen molar-refractivity contribution in [1.82, 2.24) is 15.0 Å². The van der Waals surface area contributed by atoms with E-state index in [9.17, 15) is 9.90 Å². The smallest absolute Gasteiger partial charge is 0.159 e. The van der Waals surface area contributed by atoms with Crippen molar-refractivity contribution in [2.45, 2.75) is 90.7 Å². The number of carbonyl (C=O) groups excluding carboxylic acids is 1. The van der Waals surface area contributed by atoms with Crippen LogP contribution in [0.5, 0.6) is 0 Å². The third kappa shape index (κ3) is 3.66. The molecular formula is C26H41N3O3. The van der Waals surface area contributed by atoms with Gasteiger partial charge in [-0.1, -0.05) is 13.8 Å². The zero-order valence-corrected chi connectivity index (χ0v) is 20.1. The summed E-state index contributed by atoms with van der Waals surface area (Å²) < 4.78 is 5.66. The van der Waals surface area contributed by atoms with E-state index in [0.29, 0.717) is 37.4 Å². The molecule has 1 heterocycles. The molecular weight excluding hydrogens is 402 g/mol. The van der Waals surface area contributed by atoms with Crippen molar-refractivity contribution in [1.29, 1.82) is 0 Å². The first-order valence-electron chi connectivity index (χ1n) is 12.9. The van der Waals surface area contributed by atoms with Crippen LogP contribution in [0, 0.1) is 40.4 Å². The van der Waals surface area contributed by atoms with Gasteiger partial charge in [0, 0.05) is 12.5 Å². The van der Waals surface area contributed by atoms with Crippen molar-refractivity contribution in [2.24, 2.45) is 40.4 Å². The minimum absolute atomic E-state index is 0.128. The molecule has 0 unspecified atom stereocenters. The molecule has 0 spiro atoms. The Kier molecular flexibility index (Phi) is 5.77. The molecule has 4 aliphatic carbocycles. The number of Topliss-reactive ketones (excluding diaryl/α,β-unsaturated/α-hetero) is 1. The molecule has 4 fully saturated rings. The molecule has 1 aromatic heterocycles. The number of ether oxygens (including phenoxy) is 1. The number of carbonyl (C=O) groups is 1. The Morgan fingerprint density at radius 2 is 1.75 bits per heavy atom. The average molecular weight is 444 g/mol. The Morgan fingerprint density at radius 3 is 2.50 bits per heavy atom. The Morgan fingerprint density at radius 1 is 1.03 bits per heavy atom. The SMILES string of the molecule is CCOC[C@@]1(O)CC[C@@H]2[C@H]3CC[C@]4(C)[C@@H](C(=O)Cn5nccn5)CC[C@H]4[C@@H]3CC[C@@]2(C)C1. The zero-order valence-electron chi connectivity index (χ0n) is 20.1. The van der Waals surface area contributed by atoms with Gasteiger partial charge in [0.1, 0.15) is 6.54 Å². The second-order valence-corrected chi connectivity index (χ2v) is 12.0. The number of ketones is 1. The average Bonchev–Trinajstić information content (AvgIpc) is 3.38. The van der Waals surface area contributed by atoms with Gasteiger partial charge in [-0.05, 0) is 99.2 Å². The maximum Gasteiger partial charge on any atom is 0.159 e. The Hall–Kier alpha value is -1.27. The van der Waals surface area contributed by atoms with Crippen molar-refractivity contribution in [3.05, 3.63) is 12.4 Å². The summed E-state index contributed by atoms with van der Waals surface area (Å²) in [6.07, 6.45) is 13.3. The standard InChI is InChI=1S/C26H41N3O3/c1-4-32-17-26(31)12-9-20-18-8-11-25(3)21(19(18)7-10-24(20,2)16-26)5-6-22(25)23(30)15-29-27-13-14-28-29/h13-14,18-22,31H,4-12,15-17H2,1-3H3/t18-,19+,20+,21-,22+,24-,25-,26+/m0/s1. The van der Waals surface area contributed by atoms with E-state index in [-0.39, 0.29) is 16.7 Å². The largest absolute Gasteiger partial charge is 0.387 e. The lowest BCUT2D eigenvalue weighted by Gasteiger charge is -2.61. The van der Waals surface area contributed by atoms with Crippen molar-refractivity contribution in [2.75, 3.05) is 13.2 Å². The fourth-order valence-corrected chi connectivity index (χ4v) is 9.00. The normalized spacial score (nSPS) is 45.7. The highest BCUT2D eigenvalue weighted by atomic mass is 16.5. The summed E-state index contributed by atoms with van der Waals surface area (Å²) >= 11 is 0. The summed E-state index contributed by atoms with van der Waals surface area (Å²) in [6, 6.07) is 0. The molecule has 0 bridgehead atoms. The number of aliphatic hydroxyl groups is 1. The molecule has 178 valence electrons. The van der Waals surface area contributed by atoms with Gasteiger partial charge in [0.2, 0.25) is 0 Å². The first-order chi connectivity index (χ1) is 15.3. The topological polar surface area (TPSA) is 77.2 Å². The molecule has 5 rings (SSSR count). The summed E-state index contributed by atoms with van der Waals surface area (Å²) in [5.41, 5.74) is -0.301. The number of aromatic nitrogens is 3. The lowest BCUT2D eigenvalue weighted by atomic mass is 9.45. The van der Waals surface area contributed by atoms with Crippen LogP contribution in [0.4, 0.5) is 0 Å². The van der Waals surface area contributed by atoms with Crippen molar-refractivity contribution < 1.29 is 14.6 Å². The van der Waals surface area contributed by atoms with Crippen LogP contribution >= 0.6 is 0 Å². The zero-order chi connectivity index (χ0) is 22.6. The van der Waals surface area contributed by atoms with Crippen LogP contribution in [0.25, 0.3) is 0 Å². The highest BCUT2D eigenvalue weighted by Crippen LogP contribution is 2.67. The van der Waals surface area contributed by atoms with Gasteiger partial charge in [0.15, 0.2) is 5.78 Å². The van der Waals surface area contributed by atoms with Gasteiger partial charge in [0.05, 0.1) is 24.6 Å². The molecule has 6 heteroatoms. The summed E-state index contributed by atoms with van der Waals surface area (Å²) in [5.74, 6) is 3.33. The highest BCUT2D eigenvalue weighted by Gasteiger charge is 2.61. The monoisotopic (exact) mass is 443 g/mol. The molecule has 8 atom stereocenters. The molecule has 1 N–H and O–H groups in total. The maximum atomic E-state index is 13.2. The van der Waals surface area contributed by atoms with Gasteiger partial charge >= 0.3 is 0 Å². The van der Waals surface area contributed by atoms with E-state index in [2.05, 4.69) is 24.0 Å². The van der Waals surface area contributed by atoms with Gasteiger partial charge in [-0.15, -0.1) is 0 Å². The number of nitrogens with zero attached hydrogens (tertiary/aromatic N) is 3. The van der Waals surface area contributed by atoms with Gasteiger partial charge < -0.3 is 9.84 Å². The summed E-state index contributed by atoms with van der Waals surface area (Å²) in [6.45, 7) is 8.32. The molecule has 0 radical (unpaired) electrons. The van der Waals surface area contributed by atoms with E-state index in [4.69, 9.17) is 4.74 Å². The predicted octanol–water partition coefficient (Wildman–Crippen LogP) is 4.27. The first kappa shape index (κ1) is 22.5. The van der Waals surface area contributed by atoms with Crippen LogP contribution < -0.4 is 0 Å². The maximum absolute atomic E-state index is 13.2. The molecule has 4 aliphatic rings. The third-order valence-corrected chi connectivity index (χ3v) is 10.3. The molecule has 0 saturated heterocycles.